The monoisotopic (exact) mass is 336 g/mol. The highest BCUT2D eigenvalue weighted by Gasteiger charge is 2.20. The third-order valence-corrected chi connectivity index (χ3v) is 2.38. The predicted octanol–water partition coefficient (Wildman–Crippen LogP) is 1.88. The number of nitrogens with one attached hydrogen (secondary N) is 1. The van der Waals surface area contributed by atoms with Crippen molar-refractivity contribution in [1.29, 1.82) is 0 Å². The fourth-order valence-corrected chi connectivity index (χ4v) is 1.52. The first kappa shape index (κ1) is 12.8. The Morgan fingerprint density at radius 1 is 1.62 bits per heavy atom. The number of hydrogen-bond acceptors (Lipinski definition) is 4. The fraction of sp³-hybridized carbons (Fsp3) is 0.222. The van der Waals surface area contributed by atoms with Gasteiger partial charge in [0.05, 0.1) is 11.5 Å². The lowest BCUT2D eigenvalue weighted by Gasteiger charge is -2.04. The van der Waals surface area contributed by atoms with Crippen molar-refractivity contribution >= 4 is 34.2 Å². The van der Waals surface area contributed by atoms with Crippen molar-refractivity contribution in [2.75, 3.05) is 6.61 Å². The molecule has 0 saturated heterocycles. The highest BCUT2D eigenvalue weighted by molar-refractivity contribution is 14.1. The van der Waals surface area contributed by atoms with Crippen molar-refractivity contribution in [2.24, 2.45) is 0 Å². The molecule has 1 amide bonds. The van der Waals surface area contributed by atoms with E-state index in [0.717, 1.165) is 0 Å². The zero-order valence-electron chi connectivity index (χ0n) is 8.40. The third kappa shape index (κ3) is 3.14. The number of halogens is 1. The molecule has 0 aliphatic heterocycles. The molecule has 1 rings (SSSR count). The number of carbonyl (C=O) groups is 1. The van der Waals surface area contributed by atoms with Gasteiger partial charge >= 0.3 is 0 Å². The zero-order valence-corrected chi connectivity index (χ0v) is 10.6. The van der Waals surface area contributed by atoms with Crippen LogP contribution < -0.4 is 5.48 Å². The standard InChI is InChI=1S/C9H9IN2O4/c1-2-16-11-9(13)7-4-3-6(10)5-8(7)12(14)15/h3-5H,2H2,1H3,(H,11,13). The zero-order chi connectivity index (χ0) is 12.1. The Balaban J connectivity index is 3.03. The molecule has 1 aromatic rings. The average Bonchev–Trinajstić information content (AvgIpc) is 2.25. The van der Waals surface area contributed by atoms with E-state index < -0.39 is 10.8 Å². The van der Waals surface area contributed by atoms with Crippen LogP contribution in [0.5, 0.6) is 0 Å². The van der Waals surface area contributed by atoms with Gasteiger partial charge < -0.3 is 0 Å². The van der Waals surface area contributed by atoms with E-state index in [4.69, 9.17) is 4.84 Å². The summed E-state index contributed by atoms with van der Waals surface area (Å²) >= 11 is 1.94. The van der Waals surface area contributed by atoms with Gasteiger partial charge in [-0.3, -0.25) is 19.7 Å². The minimum absolute atomic E-state index is 0.0149. The minimum Gasteiger partial charge on any atom is -0.274 e. The molecule has 0 unspecified atom stereocenters. The molecule has 0 heterocycles. The maximum Gasteiger partial charge on any atom is 0.283 e. The molecule has 0 bridgehead atoms. The molecule has 0 radical (unpaired) electrons. The van der Waals surface area contributed by atoms with E-state index in [0.29, 0.717) is 10.2 Å². The SMILES string of the molecule is CCONC(=O)c1ccc(I)cc1[N+](=O)[O-]. The highest BCUT2D eigenvalue weighted by Crippen LogP contribution is 2.21. The summed E-state index contributed by atoms with van der Waals surface area (Å²) in [5.41, 5.74) is 1.87. The fourth-order valence-electron chi connectivity index (χ4n) is 1.04. The number of hydroxylamine groups is 1. The molecule has 0 aliphatic rings. The number of nitro groups is 1. The van der Waals surface area contributed by atoms with Crippen LogP contribution in [-0.2, 0) is 4.84 Å². The van der Waals surface area contributed by atoms with Crippen LogP contribution in [0.15, 0.2) is 18.2 Å². The molecule has 0 aliphatic carbocycles. The molecule has 1 N–H and O–H groups in total. The summed E-state index contributed by atoms with van der Waals surface area (Å²) in [6.45, 7) is 1.99. The van der Waals surface area contributed by atoms with E-state index in [2.05, 4.69) is 5.48 Å². The van der Waals surface area contributed by atoms with Gasteiger partial charge in [0.1, 0.15) is 5.56 Å². The largest absolute Gasteiger partial charge is 0.283 e. The number of benzene rings is 1. The number of nitro benzene ring substituents is 1. The van der Waals surface area contributed by atoms with Gasteiger partial charge in [-0.1, -0.05) is 0 Å². The second-order valence-corrected chi connectivity index (χ2v) is 4.03. The first-order valence-electron chi connectivity index (χ1n) is 4.42. The number of carbonyl (C=O) groups excluding carboxylic acids is 1. The maximum atomic E-state index is 11.5. The van der Waals surface area contributed by atoms with E-state index in [1.807, 2.05) is 22.6 Å². The lowest BCUT2D eigenvalue weighted by Crippen LogP contribution is -2.24. The molecule has 6 nitrogen and oxygen atoms in total. The van der Waals surface area contributed by atoms with Crippen LogP contribution in [0.2, 0.25) is 0 Å². The Kier molecular flexibility index (Phi) is 4.62. The third-order valence-electron chi connectivity index (χ3n) is 1.71. The summed E-state index contributed by atoms with van der Waals surface area (Å²) in [6.07, 6.45) is 0. The van der Waals surface area contributed by atoms with Crippen molar-refractivity contribution in [2.45, 2.75) is 6.92 Å². The number of nitrogens with zero attached hydrogens (tertiary/aromatic N) is 1. The summed E-state index contributed by atoms with van der Waals surface area (Å²) in [7, 11) is 0. The van der Waals surface area contributed by atoms with Crippen molar-refractivity contribution in [3.8, 4) is 0 Å². The lowest BCUT2D eigenvalue weighted by molar-refractivity contribution is -0.385. The molecule has 7 heteroatoms. The van der Waals surface area contributed by atoms with E-state index in [9.17, 15) is 14.9 Å². The molecule has 1 aromatic carbocycles. The number of amides is 1. The van der Waals surface area contributed by atoms with Crippen LogP contribution in [0.25, 0.3) is 0 Å². The molecule has 0 spiro atoms. The molecule has 86 valence electrons. The quantitative estimate of drug-likeness (QED) is 0.517. The summed E-state index contributed by atoms with van der Waals surface area (Å²) in [6, 6.07) is 4.35. The summed E-state index contributed by atoms with van der Waals surface area (Å²) < 4.78 is 0.692. The van der Waals surface area contributed by atoms with E-state index in [-0.39, 0.29) is 11.3 Å². The first-order chi connectivity index (χ1) is 7.56. The van der Waals surface area contributed by atoms with Gasteiger partial charge in [0.2, 0.25) is 0 Å². The van der Waals surface area contributed by atoms with E-state index in [1.165, 1.54) is 12.1 Å². The van der Waals surface area contributed by atoms with Crippen molar-refractivity contribution in [3.05, 3.63) is 37.4 Å². The molecule has 0 aromatic heterocycles. The van der Waals surface area contributed by atoms with Crippen molar-refractivity contribution in [3.63, 3.8) is 0 Å². The molecule has 0 atom stereocenters. The van der Waals surface area contributed by atoms with E-state index in [1.54, 1.807) is 13.0 Å². The van der Waals surface area contributed by atoms with Crippen LogP contribution in [0.3, 0.4) is 0 Å². The highest BCUT2D eigenvalue weighted by atomic mass is 127. The Bertz CT molecular complexity index is 422. The van der Waals surface area contributed by atoms with Crippen LogP contribution in [0, 0.1) is 13.7 Å². The van der Waals surface area contributed by atoms with Crippen molar-refractivity contribution in [1.82, 2.24) is 5.48 Å². The van der Waals surface area contributed by atoms with E-state index >= 15 is 0 Å². The topological polar surface area (TPSA) is 81.5 Å². The normalized spacial score (nSPS) is 9.88. The van der Waals surface area contributed by atoms with Gasteiger partial charge in [-0.05, 0) is 41.6 Å². The van der Waals surface area contributed by atoms with Crippen molar-refractivity contribution < 1.29 is 14.6 Å². The molecule has 0 saturated carbocycles. The van der Waals surface area contributed by atoms with Gasteiger partial charge in [-0.15, -0.1) is 0 Å². The number of rotatable bonds is 4. The van der Waals surface area contributed by atoms with Gasteiger partial charge in [0.15, 0.2) is 0 Å². The first-order valence-corrected chi connectivity index (χ1v) is 5.50. The Morgan fingerprint density at radius 2 is 2.31 bits per heavy atom. The Hall–Kier alpha value is -1.22. The van der Waals surface area contributed by atoms with Crippen LogP contribution in [-0.4, -0.2) is 17.4 Å². The van der Waals surface area contributed by atoms with Crippen LogP contribution in [0.1, 0.15) is 17.3 Å². The number of hydrogen-bond donors (Lipinski definition) is 1. The predicted molar refractivity (Wildman–Crippen MR) is 64.9 cm³/mol. The Morgan fingerprint density at radius 3 is 2.88 bits per heavy atom. The van der Waals surface area contributed by atoms with Gasteiger partial charge in [0.25, 0.3) is 11.6 Å². The summed E-state index contributed by atoms with van der Waals surface area (Å²) in [5.74, 6) is -0.620. The van der Waals surface area contributed by atoms with Gasteiger partial charge in [-0.25, -0.2) is 5.48 Å². The lowest BCUT2D eigenvalue weighted by atomic mass is 10.2. The smallest absolute Gasteiger partial charge is 0.274 e. The van der Waals surface area contributed by atoms with Crippen LogP contribution >= 0.6 is 22.6 Å². The average molecular weight is 336 g/mol. The molecular formula is C9H9IN2O4. The molecular weight excluding hydrogens is 327 g/mol. The van der Waals surface area contributed by atoms with Gasteiger partial charge in [-0.2, -0.15) is 0 Å². The maximum absolute atomic E-state index is 11.5. The van der Waals surface area contributed by atoms with Gasteiger partial charge in [0, 0.05) is 9.64 Å². The Labute approximate surface area is 105 Å². The summed E-state index contributed by atoms with van der Waals surface area (Å²) in [5, 5.41) is 10.7. The molecule has 0 fully saturated rings. The minimum atomic E-state index is -0.620. The second kappa shape index (κ2) is 5.75. The second-order valence-electron chi connectivity index (χ2n) is 2.78. The van der Waals surface area contributed by atoms with Crippen LogP contribution in [0.4, 0.5) is 5.69 Å². The molecule has 16 heavy (non-hydrogen) atoms. The summed E-state index contributed by atoms with van der Waals surface area (Å²) in [4.78, 5) is 26.3.